The van der Waals surface area contributed by atoms with Gasteiger partial charge in [-0.25, -0.2) is 0 Å². The molecule has 0 amide bonds. The monoisotopic (exact) mass is 274 g/mol. The summed E-state index contributed by atoms with van der Waals surface area (Å²) in [6.45, 7) is 1.31. The first kappa shape index (κ1) is 16.1. The van der Waals surface area contributed by atoms with Gasteiger partial charge in [0.25, 0.3) is 0 Å². The van der Waals surface area contributed by atoms with E-state index in [1.165, 1.54) is 16.2 Å². The van der Waals surface area contributed by atoms with E-state index in [1.54, 1.807) is 18.9 Å². The van der Waals surface area contributed by atoms with E-state index in [1.807, 2.05) is 36.0 Å². The summed E-state index contributed by atoms with van der Waals surface area (Å²) >= 11 is 3.59. The number of thioether (sulfide) groups is 2. The predicted molar refractivity (Wildman–Crippen MR) is 74.3 cm³/mol. The Bertz CT molecular complexity index is 379. The maximum atomic E-state index is 5.66. The van der Waals surface area contributed by atoms with Crippen molar-refractivity contribution < 1.29 is 28.3 Å². The summed E-state index contributed by atoms with van der Waals surface area (Å²) in [4.78, 5) is 1.22. The fraction of sp³-hybridized carbons (Fsp3) is 0.385. The van der Waals surface area contributed by atoms with Crippen LogP contribution >= 0.6 is 23.5 Å². The summed E-state index contributed by atoms with van der Waals surface area (Å²) in [5, 5.41) is 3.27. The molecule has 1 aromatic rings. The van der Waals surface area contributed by atoms with E-state index >= 15 is 0 Å². The van der Waals surface area contributed by atoms with Gasteiger partial charge < -0.3 is 26.6 Å². The summed E-state index contributed by atoms with van der Waals surface area (Å²) in [5.74, 6) is 3.20. The first-order valence-electron chi connectivity index (χ1n) is 5.45. The molecule has 0 fully saturated rings. The Morgan fingerprint density at radius 3 is 2.56 bits per heavy atom. The maximum Gasteiger partial charge on any atom is 1.00 e. The molecule has 0 atom stereocenters. The average Bonchev–Trinajstić information content (AvgIpc) is 2.41. The van der Waals surface area contributed by atoms with Crippen molar-refractivity contribution in [3.05, 3.63) is 40.1 Å². The Balaban J connectivity index is 0.00000162. The Morgan fingerprint density at radius 1 is 1.17 bits per heavy atom. The van der Waals surface area contributed by atoms with Gasteiger partial charge in [-0.1, -0.05) is 12.1 Å². The van der Waals surface area contributed by atoms with Crippen LogP contribution in [0.2, 0.25) is 0 Å². The minimum absolute atomic E-state index is 0. The van der Waals surface area contributed by atoms with Crippen molar-refractivity contribution >= 4 is 23.5 Å². The first-order chi connectivity index (χ1) is 8.38. The molecule has 1 aliphatic heterocycles. The molecule has 0 saturated carbocycles. The van der Waals surface area contributed by atoms with Gasteiger partial charge in [-0.3, -0.25) is 0 Å². The summed E-state index contributed by atoms with van der Waals surface area (Å²) in [6, 6.07) is 7.96. The third kappa shape index (κ3) is 5.34. The van der Waals surface area contributed by atoms with Crippen LogP contribution in [0.5, 0.6) is 5.75 Å². The van der Waals surface area contributed by atoms with Crippen LogP contribution in [-0.4, -0.2) is 25.2 Å². The smallest absolute Gasteiger partial charge is 0.497 e. The van der Waals surface area contributed by atoms with Crippen LogP contribution in [0.1, 0.15) is 5.56 Å². The number of rotatable bonds is 5. The molecule has 1 heterocycles. The van der Waals surface area contributed by atoms with Gasteiger partial charge in [0.05, 0.1) is 13.7 Å². The van der Waals surface area contributed by atoms with E-state index < -0.39 is 0 Å². The Morgan fingerprint density at radius 2 is 1.94 bits per heavy atom. The van der Waals surface area contributed by atoms with Crippen molar-refractivity contribution in [2.45, 2.75) is 6.61 Å². The number of benzene rings is 1. The van der Waals surface area contributed by atoms with E-state index in [4.69, 9.17) is 9.47 Å². The zero-order valence-corrected chi connectivity index (χ0v) is 12.4. The summed E-state index contributed by atoms with van der Waals surface area (Å²) in [5.41, 5.74) is 1.17. The van der Waals surface area contributed by atoms with Crippen LogP contribution in [0.3, 0.4) is 0 Å². The fourth-order valence-electron chi connectivity index (χ4n) is 1.42. The van der Waals surface area contributed by atoms with Gasteiger partial charge in [0.15, 0.2) is 0 Å². The van der Waals surface area contributed by atoms with E-state index in [9.17, 15) is 0 Å². The van der Waals surface area contributed by atoms with Gasteiger partial charge in [0.1, 0.15) is 5.75 Å². The maximum absolute atomic E-state index is 5.66. The van der Waals surface area contributed by atoms with Crippen molar-refractivity contribution in [1.82, 2.24) is 0 Å². The standard InChI is InChI=1S/C13H15O2S2.Li/c1-14-12-4-2-11(3-5-12)8-15-9-13-10-16-6-7-17-13;/h2-5H,6-9H2,1H3;/q-1;+1. The molecule has 18 heavy (non-hydrogen) atoms. The number of hydrogen-bond donors (Lipinski definition) is 0. The Kier molecular flexibility index (Phi) is 8.04. The first-order valence-corrected chi connectivity index (χ1v) is 7.42. The van der Waals surface area contributed by atoms with E-state index in [2.05, 4.69) is 5.41 Å². The molecule has 0 spiro atoms. The molecule has 1 aliphatic rings. The van der Waals surface area contributed by atoms with Crippen LogP contribution in [0, 0.1) is 5.41 Å². The minimum Gasteiger partial charge on any atom is -0.497 e. The Hall–Kier alpha value is 0.0174. The molecule has 0 N–H and O–H groups in total. The third-order valence-corrected chi connectivity index (χ3v) is 4.47. The van der Waals surface area contributed by atoms with Crippen molar-refractivity contribution in [3.63, 3.8) is 0 Å². The molecular weight excluding hydrogens is 259 g/mol. The van der Waals surface area contributed by atoms with Crippen molar-refractivity contribution in [2.75, 3.05) is 25.2 Å². The zero-order chi connectivity index (χ0) is 11.9. The quantitative estimate of drug-likeness (QED) is 0.569. The molecule has 2 nitrogen and oxygen atoms in total. The van der Waals surface area contributed by atoms with Crippen LogP contribution in [0.25, 0.3) is 0 Å². The van der Waals surface area contributed by atoms with Gasteiger partial charge in [-0.15, -0.1) is 0 Å². The zero-order valence-electron chi connectivity index (χ0n) is 10.8. The fourth-order valence-corrected chi connectivity index (χ4v) is 3.24. The van der Waals surface area contributed by atoms with Crippen LogP contribution in [-0.2, 0) is 11.3 Å². The van der Waals surface area contributed by atoms with Crippen LogP contribution < -0.4 is 23.6 Å². The largest absolute Gasteiger partial charge is 1.00 e. The molecule has 0 aliphatic carbocycles. The number of ether oxygens (including phenoxy) is 2. The topological polar surface area (TPSA) is 18.5 Å². The van der Waals surface area contributed by atoms with Gasteiger partial charge in [-0.2, -0.15) is 16.7 Å². The molecule has 1 aromatic carbocycles. The van der Waals surface area contributed by atoms with E-state index in [-0.39, 0.29) is 18.9 Å². The molecule has 0 bridgehead atoms. The Labute approximate surface area is 129 Å². The van der Waals surface area contributed by atoms with Gasteiger partial charge in [0, 0.05) is 12.4 Å². The summed E-state index contributed by atoms with van der Waals surface area (Å²) < 4.78 is 10.8. The predicted octanol–water partition coefficient (Wildman–Crippen LogP) is 0.340. The molecule has 0 aromatic heterocycles. The summed E-state index contributed by atoms with van der Waals surface area (Å²) in [6.07, 6.45) is 0. The second kappa shape index (κ2) is 9.01. The van der Waals surface area contributed by atoms with Gasteiger partial charge in [0.2, 0.25) is 0 Å². The molecule has 5 heteroatoms. The van der Waals surface area contributed by atoms with Crippen molar-refractivity contribution in [2.24, 2.45) is 0 Å². The van der Waals surface area contributed by atoms with E-state index in [0.717, 1.165) is 11.5 Å². The molecule has 2 rings (SSSR count). The molecule has 92 valence electrons. The van der Waals surface area contributed by atoms with E-state index in [0.29, 0.717) is 13.2 Å². The second-order valence-corrected chi connectivity index (χ2v) is 5.65. The number of hydrogen-bond acceptors (Lipinski definition) is 4. The SMILES string of the molecule is COc1ccc(COCC2=[C-]SCCS2)cc1.[Li+]. The van der Waals surface area contributed by atoms with Crippen LogP contribution in [0.4, 0.5) is 0 Å². The molecule has 0 saturated heterocycles. The normalized spacial score (nSPS) is 14.6. The molecule has 0 unspecified atom stereocenters. The van der Waals surface area contributed by atoms with Crippen molar-refractivity contribution in [3.8, 4) is 5.75 Å². The molecule has 0 radical (unpaired) electrons. The third-order valence-electron chi connectivity index (χ3n) is 2.31. The average molecular weight is 274 g/mol. The van der Waals surface area contributed by atoms with Gasteiger partial charge >= 0.3 is 18.9 Å². The second-order valence-electron chi connectivity index (χ2n) is 3.56. The molecular formula is C13H15LiO2S2. The van der Waals surface area contributed by atoms with Crippen LogP contribution in [0.15, 0.2) is 29.2 Å². The van der Waals surface area contributed by atoms with Gasteiger partial charge in [-0.05, 0) is 23.4 Å². The summed E-state index contributed by atoms with van der Waals surface area (Å²) in [7, 11) is 1.67. The minimum atomic E-state index is 0. The number of methoxy groups -OCH3 is 1. The van der Waals surface area contributed by atoms with Crippen molar-refractivity contribution in [1.29, 1.82) is 0 Å².